The highest BCUT2D eigenvalue weighted by atomic mass is 16.5. The number of anilines is 2. The lowest BCUT2D eigenvalue weighted by Crippen LogP contribution is -2.32. The van der Waals surface area contributed by atoms with Gasteiger partial charge in [-0.25, -0.2) is 0 Å². The van der Waals surface area contributed by atoms with Crippen LogP contribution in [0, 0.1) is 12.8 Å². The van der Waals surface area contributed by atoms with Crippen LogP contribution in [0.5, 0.6) is 5.88 Å². The van der Waals surface area contributed by atoms with E-state index in [0.717, 1.165) is 42.2 Å². The van der Waals surface area contributed by atoms with Crippen LogP contribution in [0.25, 0.3) is 11.0 Å². The predicted octanol–water partition coefficient (Wildman–Crippen LogP) is 2.25. The molecule has 0 spiro atoms. The minimum Gasteiger partial charge on any atom is -0.477 e. The highest BCUT2D eigenvalue weighted by Gasteiger charge is 2.21. The minimum absolute atomic E-state index is 0.489. The average Bonchev–Trinajstić information content (AvgIpc) is 3.12. The van der Waals surface area contributed by atoms with Gasteiger partial charge in [-0.1, -0.05) is 0 Å². The third-order valence-corrected chi connectivity index (χ3v) is 4.15. The molecule has 8 heteroatoms. The molecule has 0 saturated carbocycles. The van der Waals surface area contributed by atoms with Crippen LogP contribution in [-0.4, -0.2) is 44.6 Å². The molecule has 0 unspecified atom stereocenters. The number of ether oxygens (including phenoxy) is 2. The van der Waals surface area contributed by atoms with Crippen molar-refractivity contribution in [3.63, 3.8) is 0 Å². The van der Waals surface area contributed by atoms with Gasteiger partial charge in [0.25, 0.3) is 0 Å². The van der Waals surface area contributed by atoms with Crippen LogP contribution in [0.1, 0.15) is 12.6 Å². The van der Waals surface area contributed by atoms with Crippen LogP contribution < -0.4 is 10.1 Å². The van der Waals surface area contributed by atoms with Crippen molar-refractivity contribution in [2.75, 3.05) is 25.1 Å². The zero-order chi connectivity index (χ0) is 16.5. The third kappa shape index (κ3) is 2.69. The Bertz CT molecular complexity index is 851. The molecule has 126 valence electrons. The Morgan fingerprint density at radius 2 is 2.29 bits per heavy atom. The van der Waals surface area contributed by atoms with E-state index in [0.29, 0.717) is 24.4 Å². The number of hydrogen-bond acceptors (Lipinski definition) is 6. The summed E-state index contributed by atoms with van der Waals surface area (Å²) in [7, 11) is 0. The fourth-order valence-electron chi connectivity index (χ4n) is 2.72. The van der Waals surface area contributed by atoms with Gasteiger partial charge in [-0.15, -0.1) is 0 Å². The zero-order valence-corrected chi connectivity index (χ0v) is 13.7. The van der Waals surface area contributed by atoms with E-state index in [1.165, 1.54) is 0 Å². The molecule has 0 aliphatic carbocycles. The number of fused-ring (bicyclic) bond motifs is 1. The van der Waals surface area contributed by atoms with Gasteiger partial charge in [-0.2, -0.15) is 15.1 Å². The van der Waals surface area contributed by atoms with Crippen LogP contribution in [0.2, 0.25) is 0 Å². The summed E-state index contributed by atoms with van der Waals surface area (Å²) in [6, 6.07) is 1.91. The maximum absolute atomic E-state index is 5.62. The highest BCUT2D eigenvalue weighted by molar-refractivity contribution is 5.82. The Hall–Kier alpha value is -2.61. The number of H-pyrrole nitrogens is 1. The van der Waals surface area contributed by atoms with Crippen LogP contribution in [0.3, 0.4) is 0 Å². The average molecular weight is 328 g/mol. The Balaban J connectivity index is 1.59. The van der Waals surface area contributed by atoms with Crippen molar-refractivity contribution in [3.05, 3.63) is 24.2 Å². The van der Waals surface area contributed by atoms with Crippen molar-refractivity contribution in [2.24, 2.45) is 5.92 Å². The second kappa shape index (κ2) is 6.12. The fraction of sp³-hybridized carbons (Fsp3) is 0.438. The third-order valence-electron chi connectivity index (χ3n) is 4.15. The smallest absolute Gasteiger partial charge is 0.232 e. The molecule has 1 fully saturated rings. The maximum atomic E-state index is 5.62. The van der Waals surface area contributed by atoms with Gasteiger partial charge in [0.2, 0.25) is 11.8 Å². The van der Waals surface area contributed by atoms with E-state index in [-0.39, 0.29) is 0 Å². The zero-order valence-electron chi connectivity index (χ0n) is 13.7. The summed E-state index contributed by atoms with van der Waals surface area (Å²) >= 11 is 0. The molecule has 24 heavy (non-hydrogen) atoms. The minimum atomic E-state index is 0.489. The Morgan fingerprint density at radius 3 is 3.04 bits per heavy atom. The maximum Gasteiger partial charge on any atom is 0.232 e. The van der Waals surface area contributed by atoms with E-state index < -0.39 is 0 Å². The molecule has 1 aliphatic heterocycles. The lowest BCUT2D eigenvalue weighted by molar-refractivity contribution is -0.0410. The molecule has 4 heterocycles. The molecule has 4 rings (SSSR count). The summed E-state index contributed by atoms with van der Waals surface area (Å²) < 4.78 is 12.8. The molecule has 0 atom stereocenters. The van der Waals surface area contributed by atoms with Crippen LogP contribution in [0.4, 0.5) is 11.6 Å². The van der Waals surface area contributed by atoms with Gasteiger partial charge >= 0.3 is 0 Å². The van der Waals surface area contributed by atoms with E-state index in [2.05, 4.69) is 25.4 Å². The van der Waals surface area contributed by atoms with E-state index >= 15 is 0 Å². The van der Waals surface area contributed by atoms with Crippen molar-refractivity contribution in [2.45, 2.75) is 20.4 Å². The first kappa shape index (κ1) is 14.9. The highest BCUT2D eigenvalue weighted by Crippen LogP contribution is 2.26. The molecule has 0 amide bonds. The van der Waals surface area contributed by atoms with Crippen molar-refractivity contribution in [3.8, 4) is 5.88 Å². The van der Waals surface area contributed by atoms with Gasteiger partial charge in [-0.05, 0) is 19.9 Å². The number of nitrogens with zero attached hydrogens (tertiary/aromatic N) is 4. The normalized spacial score (nSPS) is 14.8. The quantitative estimate of drug-likeness (QED) is 0.721. The number of aromatic amines is 1. The topological polar surface area (TPSA) is 89.9 Å². The summed E-state index contributed by atoms with van der Waals surface area (Å²) in [6.07, 6.45) is 3.63. The van der Waals surface area contributed by atoms with Gasteiger partial charge in [0.15, 0.2) is 0 Å². The summed E-state index contributed by atoms with van der Waals surface area (Å²) in [6.45, 7) is 7.02. The molecular weight excluding hydrogens is 308 g/mol. The second-order valence-electron chi connectivity index (χ2n) is 5.88. The van der Waals surface area contributed by atoms with Crippen molar-refractivity contribution < 1.29 is 9.47 Å². The van der Waals surface area contributed by atoms with Gasteiger partial charge in [0, 0.05) is 18.7 Å². The predicted molar refractivity (Wildman–Crippen MR) is 89.6 cm³/mol. The van der Waals surface area contributed by atoms with Gasteiger partial charge in [0.05, 0.1) is 42.8 Å². The van der Waals surface area contributed by atoms with Crippen molar-refractivity contribution >= 4 is 22.7 Å². The largest absolute Gasteiger partial charge is 0.477 e. The van der Waals surface area contributed by atoms with Crippen molar-refractivity contribution in [1.82, 2.24) is 24.7 Å². The molecule has 3 aromatic rings. The summed E-state index contributed by atoms with van der Waals surface area (Å²) in [5.41, 5.74) is 2.69. The number of aromatic nitrogens is 5. The standard InChI is InChI=1S/C16H20N6O2/c1-3-24-15-12-4-5-17-14(12)20-16(21-15)19-13-6-18-22(10(13)2)7-11-8-23-9-11/h4-6,11H,3,7-9H2,1-2H3,(H2,17,19,20,21). The van der Waals surface area contributed by atoms with Crippen LogP contribution in [-0.2, 0) is 11.3 Å². The van der Waals surface area contributed by atoms with E-state index in [9.17, 15) is 0 Å². The summed E-state index contributed by atoms with van der Waals surface area (Å²) in [5.74, 6) is 1.61. The number of nitrogens with one attached hydrogen (secondary N) is 2. The first-order valence-corrected chi connectivity index (χ1v) is 8.09. The van der Waals surface area contributed by atoms with Gasteiger partial charge in [0.1, 0.15) is 5.65 Å². The number of rotatable bonds is 6. The van der Waals surface area contributed by atoms with Crippen LogP contribution in [0.15, 0.2) is 18.5 Å². The van der Waals surface area contributed by atoms with Gasteiger partial charge < -0.3 is 19.8 Å². The van der Waals surface area contributed by atoms with Gasteiger partial charge in [-0.3, -0.25) is 4.68 Å². The fourth-order valence-corrected chi connectivity index (χ4v) is 2.72. The Labute approximate surface area is 139 Å². The van der Waals surface area contributed by atoms with E-state index in [1.807, 2.05) is 30.8 Å². The number of hydrogen-bond donors (Lipinski definition) is 2. The molecule has 0 bridgehead atoms. The van der Waals surface area contributed by atoms with E-state index in [4.69, 9.17) is 9.47 Å². The summed E-state index contributed by atoms with van der Waals surface area (Å²) in [4.78, 5) is 12.1. The molecule has 1 aliphatic rings. The van der Waals surface area contributed by atoms with E-state index in [1.54, 1.807) is 6.20 Å². The molecular formula is C16H20N6O2. The first-order valence-electron chi connectivity index (χ1n) is 8.09. The molecule has 0 radical (unpaired) electrons. The molecule has 0 aromatic carbocycles. The lowest BCUT2D eigenvalue weighted by atomic mass is 10.1. The molecule has 8 nitrogen and oxygen atoms in total. The molecule has 2 N–H and O–H groups in total. The van der Waals surface area contributed by atoms with Crippen molar-refractivity contribution in [1.29, 1.82) is 0 Å². The summed E-state index contributed by atoms with van der Waals surface area (Å²) in [5, 5.41) is 8.57. The first-order chi connectivity index (χ1) is 11.7. The monoisotopic (exact) mass is 328 g/mol. The molecule has 3 aromatic heterocycles. The SMILES string of the molecule is CCOc1nc(Nc2cnn(CC3COC3)c2C)nc2[nH]ccc12. The lowest BCUT2D eigenvalue weighted by Gasteiger charge is -2.26. The Morgan fingerprint density at radius 1 is 1.42 bits per heavy atom. The molecule has 1 saturated heterocycles. The van der Waals surface area contributed by atoms with Crippen LogP contribution >= 0.6 is 0 Å². The second-order valence-corrected chi connectivity index (χ2v) is 5.88. The Kier molecular flexibility index (Phi) is 3.81.